The van der Waals surface area contributed by atoms with Crippen LogP contribution in [0.15, 0.2) is 48.5 Å². The van der Waals surface area contributed by atoms with E-state index in [1.54, 1.807) is 13.2 Å². The van der Waals surface area contributed by atoms with E-state index >= 15 is 0 Å². The van der Waals surface area contributed by atoms with E-state index in [1.165, 1.54) is 0 Å². The van der Waals surface area contributed by atoms with Crippen LogP contribution in [0.4, 0.5) is 5.82 Å². The van der Waals surface area contributed by atoms with Crippen LogP contribution in [0.25, 0.3) is 11.3 Å². The third kappa shape index (κ3) is 6.25. The highest BCUT2D eigenvalue weighted by Gasteiger charge is 2.34. The van der Waals surface area contributed by atoms with Gasteiger partial charge in [0.25, 0.3) is 0 Å². The van der Waals surface area contributed by atoms with Crippen molar-refractivity contribution in [1.29, 1.82) is 0 Å². The van der Waals surface area contributed by atoms with Crippen molar-refractivity contribution in [2.24, 2.45) is 0 Å². The maximum absolute atomic E-state index is 13.3. The Morgan fingerprint density at radius 1 is 1.11 bits per heavy atom. The van der Waals surface area contributed by atoms with Crippen LogP contribution in [0.2, 0.25) is 10.0 Å². The summed E-state index contributed by atoms with van der Waals surface area (Å²) in [5.74, 6) is 2.78. The van der Waals surface area contributed by atoms with E-state index in [0.29, 0.717) is 34.5 Å². The van der Waals surface area contributed by atoms with E-state index in [2.05, 4.69) is 15.3 Å². The molecular formula is C27H30Cl2N4O2S. The molecule has 0 bridgehead atoms. The second kappa shape index (κ2) is 11.7. The Balaban J connectivity index is 1.54. The van der Waals surface area contributed by atoms with Gasteiger partial charge in [-0.3, -0.25) is 4.79 Å². The van der Waals surface area contributed by atoms with Gasteiger partial charge in [-0.05, 0) is 49.6 Å². The number of hydrogen-bond acceptors (Lipinski definition) is 6. The van der Waals surface area contributed by atoms with E-state index in [0.717, 1.165) is 41.3 Å². The third-order valence-corrected chi connectivity index (χ3v) is 7.85. The Bertz CT molecular complexity index is 1230. The van der Waals surface area contributed by atoms with Gasteiger partial charge >= 0.3 is 6.01 Å². The Kier molecular flexibility index (Phi) is 8.65. The maximum atomic E-state index is 13.3. The predicted octanol–water partition coefficient (Wildman–Crippen LogP) is 5.97. The number of benzene rings is 2. The molecule has 1 aliphatic rings. The van der Waals surface area contributed by atoms with Crippen LogP contribution in [-0.4, -0.2) is 59.0 Å². The van der Waals surface area contributed by atoms with Crippen molar-refractivity contribution >= 4 is 46.7 Å². The summed E-state index contributed by atoms with van der Waals surface area (Å²) in [6.45, 7) is 6.20. The summed E-state index contributed by atoms with van der Waals surface area (Å²) >= 11 is 14.2. The maximum Gasteiger partial charge on any atom is 0.318 e. The van der Waals surface area contributed by atoms with Crippen LogP contribution in [0, 0.1) is 0 Å². The normalized spacial score (nSPS) is 14.0. The van der Waals surface area contributed by atoms with Crippen LogP contribution >= 0.6 is 35.0 Å². The Hall–Kier alpha value is -2.48. The van der Waals surface area contributed by atoms with Gasteiger partial charge in [-0.25, -0.2) is 0 Å². The molecule has 4 rings (SSSR count). The SMILES string of the molecule is COc1nc(NCCc2ccc(Cl)cc2Cl)cc(-c2cccc(C(C)(C)C(=O)N3CCSCC3)c2)n1. The number of aromatic nitrogens is 2. The number of hydrogen-bond donors (Lipinski definition) is 1. The zero-order valence-electron chi connectivity index (χ0n) is 20.7. The lowest BCUT2D eigenvalue weighted by molar-refractivity contribution is -0.135. The molecule has 1 aromatic heterocycles. The van der Waals surface area contributed by atoms with E-state index < -0.39 is 5.41 Å². The second-order valence-corrected chi connectivity index (χ2v) is 11.2. The minimum Gasteiger partial charge on any atom is -0.467 e. The highest BCUT2D eigenvalue weighted by Crippen LogP contribution is 2.31. The number of anilines is 1. The topological polar surface area (TPSA) is 67.3 Å². The molecule has 0 radical (unpaired) electrons. The summed E-state index contributed by atoms with van der Waals surface area (Å²) in [5.41, 5.74) is 2.92. The first-order valence-electron chi connectivity index (χ1n) is 11.9. The number of carbonyl (C=O) groups excluding carboxylic acids is 1. The average Bonchev–Trinajstić information content (AvgIpc) is 2.90. The summed E-state index contributed by atoms with van der Waals surface area (Å²) in [5, 5.41) is 4.60. The molecule has 1 saturated heterocycles. The molecule has 0 spiro atoms. The number of carbonyl (C=O) groups is 1. The van der Waals surface area contributed by atoms with Gasteiger partial charge < -0.3 is 15.0 Å². The van der Waals surface area contributed by atoms with Crippen molar-refractivity contribution in [2.45, 2.75) is 25.7 Å². The van der Waals surface area contributed by atoms with Gasteiger partial charge in [-0.15, -0.1) is 0 Å². The number of methoxy groups -OCH3 is 1. The number of nitrogens with one attached hydrogen (secondary N) is 1. The third-order valence-electron chi connectivity index (χ3n) is 6.32. The number of ether oxygens (including phenoxy) is 1. The zero-order valence-corrected chi connectivity index (χ0v) is 23.0. The van der Waals surface area contributed by atoms with Crippen LogP contribution in [-0.2, 0) is 16.6 Å². The molecule has 0 saturated carbocycles. The van der Waals surface area contributed by atoms with E-state index in [-0.39, 0.29) is 11.9 Å². The highest BCUT2D eigenvalue weighted by molar-refractivity contribution is 7.99. The van der Waals surface area contributed by atoms with Gasteiger partial charge in [-0.1, -0.05) is 47.5 Å². The van der Waals surface area contributed by atoms with Gasteiger partial charge in [0.15, 0.2) is 0 Å². The summed E-state index contributed by atoms with van der Waals surface area (Å²) < 4.78 is 5.37. The minimum atomic E-state index is -0.645. The van der Waals surface area contributed by atoms with Gasteiger partial charge in [0, 0.05) is 52.8 Å². The van der Waals surface area contributed by atoms with Crippen LogP contribution in [0.3, 0.4) is 0 Å². The molecule has 1 amide bonds. The summed E-state index contributed by atoms with van der Waals surface area (Å²) in [6.07, 6.45) is 0.707. The van der Waals surface area contributed by atoms with Crippen molar-refractivity contribution in [3.63, 3.8) is 0 Å². The zero-order chi connectivity index (χ0) is 25.7. The van der Waals surface area contributed by atoms with Crippen molar-refractivity contribution in [3.8, 4) is 17.3 Å². The smallest absolute Gasteiger partial charge is 0.318 e. The number of halogens is 2. The molecule has 2 aromatic carbocycles. The first-order valence-corrected chi connectivity index (χ1v) is 13.8. The standard InChI is InChI=1S/C27H30Cl2N4O2S/c1-27(2,25(34)33-11-13-36-14-12-33)20-6-4-5-19(15-20)23-17-24(32-26(31-23)35-3)30-10-9-18-7-8-21(28)16-22(18)29/h4-8,15-17H,9-14H2,1-3H3,(H,30,31,32). The molecule has 0 aliphatic carbocycles. The molecule has 0 atom stereocenters. The van der Waals surface area contributed by atoms with E-state index in [9.17, 15) is 4.79 Å². The largest absolute Gasteiger partial charge is 0.467 e. The lowest BCUT2D eigenvalue weighted by Gasteiger charge is -2.34. The fourth-order valence-electron chi connectivity index (χ4n) is 4.16. The summed E-state index contributed by atoms with van der Waals surface area (Å²) in [4.78, 5) is 24.3. The molecule has 190 valence electrons. The first-order chi connectivity index (χ1) is 17.3. The fraction of sp³-hybridized carbons (Fsp3) is 0.370. The molecule has 1 fully saturated rings. The molecular weight excluding hydrogens is 515 g/mol. The number of nitrogens with zero attached hydrogens (tertiary/aromatic N) is 3. The molecule has 1 aliphatic heterocycles. The van der Waals surface area contributed by atoms with Crippen molar-refractivity contribution in [2.75, 3.05) is 43.6 Å². The number of amides is 1. The number of rotatable bonds is 8. The monoisotopic (exact) mass is 544 g/mol. The predicted molar refractivity (Wildman–Crippen MR) is 150 cm³/mol. The van der Waals surface area contributed by atoms with Crippen molar-refractivity contribution in [3.05, 3.63) is 69.7 Å². The second-order valence-electron chi connectivity index (χ2n) is 9.15. The minimum absolute atomic E-state index is 0.156. The van der Waals surface area contributed by atoms with Gasteiger partial charge in [0.2, 0.25) is 5.91 Å². The Labute approximate surface area is 226 Å². The summed E-state index contributed by atoms with van der Waals surface area (Å²) in [6, 6.07) is 15.7. The van der Waals surface area contributed by atoms with E-state index in [1.807, 2.05) is 73.0 Å². The quantitative estimate of drug-likeness (QED) is 0.377. The lowest BCUT2D eigenvalue weighted by atomic mass is 9.82. The molecule has 3 aromatic rings. The van der Waals surface area contributed by atoms with Crippen LogP contribution < -0.4 is 10.1 Å². The molecule has 6 nitrogen and oxygen atoms in total. The highest BCUT2D eigenvalue weighted by atomic mass is 35.5. The van der Waals surface area contributed by atoms with Gasteiger partial charge in [-0.2, -0.15) is 21.7 Å². The van der Waals surface area contributed by atoms with Gasteiger partial charge in [0.05, 0.1) is 18.2 Å². The lowest BCUT2D eigenvalue weighted by Crippen LogP contribution is -2.47. The fourth-order valence-corrected chi connectivity index (χ4v) is 5.56. The van der Waals surface area contributed by atoms with Crippen LogP contribution in [0.1, 0.15) is 25.0 Å². The van der Waals surface area contributed by atoms with Crippen molar-refractivity contribution in [1.82, 2.24) is 14.9 Å². The number of thioether (sulfide) groups is 1. The van der Waals surface area contributed by atoms with Crippen molar-refractivity contribution < 1.29 is 9.53 Å². The van der Waals surface area contributed by atoms with Crippen LogP contribution in [0.5, 0.6) is 6.01 Å². The molecule has 36 heavy (non-hydrogen) atoms. The Morgan fingerprint density at radius 2 is 1.89 bits per heavy atom. The molecule has 0 unspecified atom stereocenters. The average molecular weight is 546 g/mol. The van der Waals surface area contributed by atoms with Gasteiger partial charge in [0.1, 0.15) is 5.82 Å². The Morgan fingerprint density at radius 3 is 2.61 bits per heavy atom. The molecule has 1 N–H and O–H groups in total. The van der Waals surface area contributed by atoms with E-state index in [4.69, 9.17) is 27.9 Å². The molecule has 2 heterocycles. The molecule has 9 heteroatoms. The first kappa shape index (κ1) is 26.6. The summed E-state index contributed by atoms with van der Waals surface area (Å²) in [7, 11) is 1.55.